The summed E-state index contributed by atoms with van der Waals surface area (Å²) in [4.78, 5) is 14.0. The fourth-order valence-electron chi connectivity index (χ4n) is 3.24. The number of hydrogen-bond donors (Lipinski definition) is 2. The second-order valence-corrected chi connectivity index (χ2v) is 5.37. The molecular weight excluding hydrogens is 216 g/mol. The molecule has 0 aromatic rings. The molecule has 4 heteroatoms. The van der Waals surface area contributed by atoms with Gasteiger partial charge in [-0.3, -0.25) is 9.69 Å². The van der Waals surface area contributed by atoms with Crippen molar-refractivity contribution in [3.8, 4) is 0 Å². The third-order valence-electron chi connectivity index (χ3n) is 4.23. The van der Waals surface area contributed by atoms with Crippen molar-refractivity contribution in [2.45, 2.75) is 50.7 Å². The summed E-state index contributed by atoms with van der Waals surface area (Å²) >= 11 is 0. The lowest BCUT2D eigenvalue weighted by Crippen LogP contribution is -2.51. The van der Waals surface area contributed by atoms with E-state index in [-0.39, 0.29) is 24.0 Å². The van der Waals surface area contributed by atoms with Gasteiger partial charge in [0.15, 0.2) is 0 Å². The first-order chi connectivity index (χ1) is 8.22. The molecule has 98 valence electrons. The zero-order chi connectivity index (χ0) is 12.3. The lowest BCUT2D eigenvalue weighted by molar-refractivity contribution is -0.127. The summed E-state index contributed by atoms with van der Waals surface area (Å²) in [6, 6.07) is 0.288. The number of rotatable bonds is 2. The van der Waals surface area contributed by atoms with Gasteiger partial charge in [0.05, 0.1) is 12.0 Å². The third-order valence-corrected chi connectivity index (χ3v) is 4.23. The average Bonchev–Trinajstić information content (AvgIpc) is 2.38. The van der Waals surface area contributed by atoms with E-state index < -0.39 is 0 Å². The first-order valence-corrected chi connectivity index (χ1v) is 6.86. The highest BCUT2D eigenvalue weighted by molar-refractivity contribution is 5.78. The molecule has 4 nitrogen and oxygen atoms in total. The van der Waals surface area contributed by atoms with Crippen LogP contribution in [0.1, 0.15) is 38.5 Å². The molecular formula is C13H24N2O2. The Balaban J connectivity index is 1.94. The minimum absolute atomic E-state index is 0.114. The number of carbonyl (C=O) groups is 1. The van der Waals surface area contributed by atoms with Gasteiger partial charge in [0.2, 0.25) is 5.91 Å². The molecule has 0 aromatic heterocycles. The van der Waals surface area contributed by atoms with Crippen LogP contribution in [0.15, 0.2) is 0 Å². The summed E-state index contributed by atoms with van der Waals surface area (Å²) in [6.07, 6.45) is 6.23. The summed E-state index contributed by atoms with van der Waals surface area (Å²) in [6.45, 7) is 1.86. The van der Waals surface area contributed by atoms with Gasteiger partial charge in [-0.15, -0.1) is 0 Å². The van der Waals surface area contributed by atoms with E-state index in [4.69, 9.17) is 0 Å². The van der Waals surface area contributed by atoms with E-state index in [2.05, 4.69) is 10.2 Å². The molecule has 2 aliphatic rings. The SMILES string of the molecule is CNC(=O)C1CCCN([C@@H]2CCCC[C@H]2O)C1. The van der Waals surface area contributed by atoms with Gasteiger partial charge >= 0.3 is 0 Å². The minimum atomic E-state index is -0.188. The van der Waals surface area contributed by atoms with Gasteiger partial charge in [-0.2, -0.15) is 0 Å². The quantitative estimate of drug-likeness (QED) is 0.749. The second kappa shape index (κ2) is 5.83. The molecule has 0 bridgehead atoms. The zero-order valence-corrected chi connectivity index (χ0v) is 10.7. The lowest BCUT2D eigenvalue weighted by Gasteiger charge is -2.41. The van der Waals surface area contributed by atoms with Crippen LogP contribution in [-0.2, 0) is 4.79 Å². The molecule has 1 unspecified atom stereocenters. The van der Waals surface area contributed by atoms with E-state index in [1.807, 2.05) is 0 Å². The number of aliphatic hydroxyl groups is 1. The Morgan fingerprint density at radius 3 is 2.71 bits per heavy atom. The normalized spacial score (nSPS) is 35.5. The van der Waals surface area contributed by atoms with Crippen molar-refractivity contribution in [3.63, 3.8) is 0 Å². The van der Waals surface area contributed by atoms with Gasteiger partial charge in [-0.05, 0) is 32.2 Å². The van der Waals surface area contributed by atoms with Crippen LogP contribution in [-0.4, -0.2) is 48.2 Å². The molecule has 1 aliphatic carbocycles. The van der Waals surface area contributed by atoms with Crippen LogP contribution in [0.3, 0.4) is 0 Å². The fourth-order valence-corrected chi connectivity index (χ4v) is 3.24. The maximum atomic E-state index is 11.7. The largest absolute Gasteiger partial charge is 0.391 e. The third kappa shape index (κ3) is 2.99. The molecule has 1 saturated heterocycles. The van der Waals surface area contributed by atoms with Crippen LogP contribution in [0.5, 0.6) is 0 Å². The first kappa shape index (κ1) is 12.8. The van der Waals surface area contributed by atoms with Crippen molar-refractivity contribution in [1.29, 1.82) is 0 Å². The monoisotopic (exact) mass is 240 g/mol. The highest BCUT2D eigenvalue weighted by Gasteiger charge is 2.33. The number of carbonyl (C=O) groups excluding carboxylic acids is 1. The van der Waals surface area contributed by atoms with Gasteiger partial charge in [0.1, 0.15) is 0 Å². The number of aliphatic hydroxyl groups excluding tert-OH is 1. The molecule has 0 aromatic carbocycles. The van der Waals surface area contributed by atoms with Gasteiger partial charge in [-0.25, -0.2) is 0 Å². The molecule has 1 heterocycles. The maximum Gasteiger partial charge on any atom is 0.224 e. The first-order valence-electron chi connectivity index (χ1n) is 6.86. The van der Waals surface area contributed by atoms with Crippen LogP contribution in [0.4, 0.5) is 0 Å². The van der Waals surface area contributed by atoms with E-state index in [1.54, 1.807) is 7.05 Å². The van der Waals surface area contributed by atoms with Crippen molar-refractivity contribution < 1.29 is 9.90 Å². The Bertz CT molecular complexity index is 270. The standard InChI is InChI=1S/C13H24N2O2/c1-14-13(17)10-5-4-8-15(9-10)11-6-2-3-7-12(11)16/h10-12,16H,2-9H2,1H3,(H,14,17)/t10?,11-,12-/m1/s1. The van der Waals surface area contributed by atoms with Crippen molar-refractivity contribution in [1.82, 2.24) is 10.2 Å². The summed E-state index contributed by atoms with van der Waals surface area (Å²) in [5.41, 5.74) is 0. The summed E-state index contributed by atoms with van der Waals surface area (Å²) in [5.74, 6) is 0.267. The van der Waals surface area contributed by atoms with Crippen LogP contribution in [0, 0.1) is 5.92 Å². The van der Waals surface area contributed by atoms with Gasteiger partial charge in [0.25, 0.3) is 0 Å². The summed E-state index contributed by atoms with van der Waals surface area (Å²) in [5, 5.41) is 12.8. The van der Waals surface area contributed by atoms with Crippen LogP contribution < -0.4 is 5.32 Å². The number of amides is 1. The Morgan fingerprint density at radius 2 is 2.00 bits per heavy atom. The van der Waals surface area contributed by atoms with Crippen LogP contribution in [0.25, 0.3) is 0 Å². The smallest absolute Gasteiger partial charge is 0.224 e. The Kier molecular flexibility index (Phi) is 4.40. The number of nitrogens with zero attached hydrogens (tertiary/aromatic N) is 1. The highest BCUT2D eigenvalue weighted by Crippen LogP contribution is 2.27. The van der Waals surface area contributed by atoms with Gasteiger partial charge in [0, 0.05) is 19.6 Å². The Morgan fingerprint density at radius 1 is 1.24 bits per heavy atom. The van der Waals surface area contributed by atoms with E-state index in [0.29, 0.717) is 0 Å². The van der Waals surface area contributed by atoms with E-state index in [9.17, 15) is 9.90 Å². The lowest BCUT2D eigenvalue weighted by atomic mass is 9.88. The maximum absolute atomic E-state index is 11.7. The Hall–Kier alpha value is -0.610. The molecule has 2 N–H and O–H groups in total. The van der Waals surface area contributed by atoms with Crippen molar-refractivity contribution >= 4 is 5.91 Å². The minimum Gasteiger partial charge on any atom is -0.391 e. The average molecular weight is 240 g/mol. The van der Waals surface area contributed by atoms with Gasteiger partial charge < -0.3 is 10.4 Å². The summed E-state index contributed by atoms with van der Waals surface area (Å²) in [7, 11) is 1.71. The molecule has 0 spiro atoms. The number of nitrogens with one attached hydrogen (secondary N) is 1. The van der Waals surface area contributed by atoms with Crippen LogP contribution in [0.2, 0.25) is 0 Å². The topological polar surface area (TPSA) is 52.6 Å². The van der Waals surface area contributed by atoms with E-state index in [1.165, 1.54) is 6.42 Å². The second-order valence-electron chi connectivity index (χ2n) is 5.37. The molecule has 0 radical (unpaired) electrons. The molecule has 2 rings (SSSR count). The number of piperidine rings is 1. The van der Waals surface area contributed by atoms with E-state index in [0.717, 1.165) is 45.2 Å². The predicted octanol–water partition coefficient (Wildman–Crippen LogP) is 0.748. The molecule has 1 saturated carbocycles. The molecule has 1 aliphatic heterocycles. The number of hydrogen-bond acceptors (Lipinski definition) is 3. The zero-order valence-electron chi connectivity index (χ0n) is 10.7. The molecule has 3 atom stereocenters. The fraction of sp³-hybridized carbons (Fsp3) is 0.923. The van der Waals surface area contributed by atoms with Crippen molar-refractivity contribution in [2.75, 3.05) is 20.1 Å². The highest BCUT2D eigenvalue weighted by atomic mass is 16.3. The predicted molar refractivity (Wildman–Crippen MR) is 66.6 cm³/mol. The molecule has 2 fully saturated rings. The van der Waals surface area contributed by atoms with Crippen molar-refractivity contribution in [3.05, 3.63) is 0 Å². The summed E-state index contributed by atoms with van der Waals surface area (Å²) < 4.78 is 0. The molecule has 17 heavy (non-hydrogen) atoms. The Labute approximate surface area is 103 Å². The van der Waals surface area contributed by atoms with E-state index >= 15 is 0 Å². The van der Waals surface area contributed by atoms with Gasteiger partial charge in [-0.1, -0.05) is 12.8 Å². The molecule has 1 amide bonds. The van der Waals surface area contributed by atoms with Crippen molar-refractivity contribution in [2.24, 2.45) is 5.92 Å². The van der Waals surface area contributed by atoms with Crippen LogP contribution >= 0.6 is 0 Å². The number of likely N-dealkylation sites (tertiary alicyclic amines) is 1.